The van der Waals surface area contributed by atoms with Crippen LogP contribution in [0, 0.1) is 0 Å². The fraction of sp³-hybridized carbons (Fsp3) is 0.933. The number of rotatable bonds is 22. The van der Waals surface area contributed by atoms with Crippen LogP contribution in [0.1, 0.15) is 6.92 Å². The number of aliphatic hydroxyl groups is 1. The van der Waals surface area contributed by atoms with Gasteiger partial charge in [0.2, 0.25) is 0 Å². The van der Waals surface area contributed by atoms with Crippen molar-refractivity contribution < 1.29 is 14.1 Å². The van der Waals surface area contributed by atoms with Crippen molar-refractivity contribution in [2.24, 2.45) is 0 Å². The van der Waals surface area contributed by atoms with E-state index in [0.717, 1.165) is 47.1 Å². The van der Waals surface area contributed by atoms with Gasteiger partial charge in [-0.1, -0.05) is 18.7 Å². The lowest BCUT2D eigenvalue weighted by Crippen LogP contribution is -2.02. The van der Waals surface area contributed by atoms with Crippen LogP contribution in [-0.4, -0.2) is 85.4 Å². The summed E-state index contributed by atoms with van der Waals surface area (Å²) in [5, 5.41) is 15.6. The molecular formula is C15H30O3S10. The van der Waals surface area contributed by atoms with Crippen LogP contribution < -0.4 is 0 Å². The van der Waals surface area contributed by atoms with Gasteiger partial charge in [-0.05, 0) is 5.75 Å². The molecule has 0 saturated carbocycles. The highest BCUT2D eigenvalue weighted by atomic mass is 32.3. The minimum absolute atomic E-state index is 0.176. The molecule has 0 aliphatic rings. The highest BCUT2D eigenvalue weighted by Crippen LogP contribution is 2.23. The Hall–Kier alpha value is 2.93. The number of aliphatic hydroxyl groups excluding tert-OH is 1. The molecule has 3 nitrogen and oxygen atoms in total. The standard InChI is InChI=1S/C15H30O3S10/c1-2-19-8-23-12-26-14-28(18)6-5-21-9-24-11-25-10-22-7-15(17)27-13-20-4-3-16/h16H,2-14H2,1H3. The third-order valence-corrected chi connectivity index (χ3v) is 15.4. The zero-order chi connectivity index (χ0) is 20.7. The number of thioether (sulfide) groups is 9. The summed E-state index contributed by atoms with van der Waals surface area (Å²) >= 11 is 15.9. The fourth-order valence-corrected chi connectivity index (χ4v) is 13.3. The van der Waals surface area contributed by atoms with Crippen LogP contribution in [0.3, 0.4) is 0 Å². The lowest BCUT2D eigenvalue weighted by Gasteiger charge is -2.04. The quantitative estimate of drug-likeness (QED) is 0.129. The molecule has 0 aromatic carbocycles. The van der Waals surface area contributed by atoms with E-state index < -0.39 is 10.8 Å². The van der Waals surface area contributed by atoms with E-state index in [0.29, 0.717) is 11.5 Å². The monoisotopic (exact) mass is 578 g/mol. The Morgan fingerprint density at radius 3 is 2.11 bits per heavy atom. The Bertz CT molecular complexity index is 376. The van der Waals surface area contributed by atoms with Crippen LogP contribution in [0.2, 0.25) is 0 Å². The molecule has 0 aromatic rings. The molecule has 0 aliphatic heterocycles. The van der Waals surface area contributed by atoms with Crippen molar-refractivity contribution in [1.82, 2.24) is 0 Å². The van der Waals surface area contributed by atoms with Crippen molar-refractivity contribution in [2.75, 3.05) is 71.0 Å². The van der Waals surface area contributed by atoms with Gasteiger partial charge < -0.3 is 5.11 Å². The normalized spacial score (nSPS) is 12.4. The molecule has 0 aromatic heterocycles. The highest BCUT2D eigenvalue weighted by Gasteiger charge is 2.03. The summed E-state index contributed by atoms with van der Waals surface area (Å²) in [5.41, 5.74) is 0. The average molecular weight is 579 g/mol. The number of carbonyl (C=O) groups excluding carboxylic acids is 1. The van der Waals surface area contributed by atoms with Gasteiger partial charge in [0, 0.05) is 58.6 Å². The second-order valence-corrected chi connectivity index (χ2v) is 18.3. The van der Waals surface area contributed by atoms with E-state index in [4.69, 9.17) is 5.11 Å². The largest absolute Gasteiger partial charge is 0.396 e. The van der Waals surface area contributed by atoms with E-state index in [9.17, 15) is 9.00 Å². The minimum atomic E-state index is -0.691. The molecule has 0 radical (unpaired) electrons. The van der Waals surface area contributed by atoms with E-state index >= 15 is 0 Å². The van der Waals surface area contributed by atoms with Gasteiger partial charge >= 0.3 is 0 Å². The number of hydrogen-bond acceptors (Lipinski definition) is 12. The average Bonchev–Trinajstić information content (AvgIpc) is 2.69. The molecule has 28 heavy (non-hydrogen) atoms. The Balaban J connectivity index is 3.22. The lowest BCUT2D eigenvalue weighted by atomic mass is 10.9. The molecule has 1 N–H and O–H groups in total. The van der Waals surface area contributed by atoms with Crippen LogP contribution in [0.5, 0.6) is 0 Å². The zero-order valence-corrected chi connectivity index (χ0v) is 24.2. The second kappa shape index (κ2) is 26.2. The maximum absolute atomic E-state index is 11.9. The molecule has 0 fully saturated rings. The van der Waals surface area contributed by atoms with E-state index in [1.807, 2.05) is 58.8 Å². The van der Waals surface area contributed by atoms with Gasteiger partial charge in [-0.25, -0.2) is 0 Å². The van der Waals surface area contributed by atoms with Crippen molar-refractivity contribution in [2.45, 2.75) is 6.92 Å². The number of carbonyl (C=O) groups is 1. The van der Waals surface area contributed by atoms with E-state index in [-0.39, 0.29) is 11.7 Å². The van der Waals surface area contributed by atoms with Crippen LogP contribution in [-0.2, 0) is 15.6 Å². The molecule has 1 atom stereocenters. The fourth-order valence-electron chi connectivity index (χ4n) is 1.27. The molecule has 0 rings (SSSR count). The SMILES string of the molecule is CCSCSCSCS(=O)CCSCSCSCSCC(=O)SCSCCO. The van der Waals surface area contributed by atoms with Gasteiger partial charge in [0.05, 0.1) is 17.4 Å². The van der Waals surface area contributed by atoms with Crippen molar-refractivity contribution >= 4 is 122 Å². The van der Waals surface area contributed by atoms with E-state index in [1.54, 1.807) is 35.3 Å². The second-order valence-electron chi connectivity index (χ2n) is 4.68. The molecule has 0 aliphatic carbocycles. The van der Waals surface area contributed by atoms with E-state index in [2.05, 4.69) is 6.92 Å². The lowest BCUT2D eigenvalue weighted by molar-refractivity contribution is -0.108. The number of hydrogen-bond donors (Lipinski definition) is 1. The Kier molecular flexibility index (Phi) is 28.9. The molecule has 0 amide bonds. The Morgan fingerprint density at radius 2 is 1.39 bits per heavy atom. The van der Waals surface area contributed by atoms with Gasteiger partial charge in [-0.3, -0.25) is 9.00 Å². The Morgan fingerprint density at radius 1 is 0.786 bits per heavy atom. The predicted octanol–water partition coefficient (Wildman–Crippen LogP) is 5.58. The predicted molar refractivity (Wildman–Crippen MR) is 153 cm³/mol. The molecule has 1 unspecified atom stereocenters. The van der Waals surface area contributed by atoms with E-state index in [1.165, 1.54) is 17.5 Å². The third kappa shape index (κ3) is 25.2. The molecule has 0 bridgehead atoms. The Labute approximate surface area is 211 Å². The summed E-state index contributed by atoms with van der Waals surface area (Å²) in [6, 6.07) is 0. The molecule has 0 saturated heterocycles. The van der Waals surface area contributed by atoms with Gasteiger partial charge in [0.1, 0.15) is 0 Å². The maximum atomic E-state index is 11.9. The summed E-state index contributed by atoms with van der Waals surface area (Å²) in [7, 11) is -0.691. The van der Waals surface area contributed by atoms with Crippen molar-refractivity contribution in [3.8, 4) is 0 Å². The van der Waals surface area contributed by atoms with Gasteiger partial charge in [-0.15, -0.1) is 70.6 Å². The van der Waals surface area contributed by atoms with Crippen molar-refractivity contribution in [3.63, 3.8) is 0 Å². The summed E-state index contributed by atoms with van der Waals surface area (Å²) in [6.07, 6.45) is 0. The smallest absolute Gasteiger partial charge is 0.199 e. The summed E-state index contributed by atoms with van der Waals surface area (Å²) in [5.74, 6) is 4.20. The minimum Gasteiger partial charge on any atom is -0.396 e. The summed E-state index contributed by atoms with van der Waals surface area (Å²) < 4.78 is 11.9. The van der Waals surface area contributed by atoms with Crippen LogP contribution in [0.15, 0.2) is 0 Å². The first-order chi connectivity index (χ1) is 13.7. The molecule has 0 spiro atoms. The molecule has 168 valence electrons. The zero-order valence-electron chi connectivity index (χ0n) is 16.0. The molecular weight excluding hydrogens is 549 g/mol. The first kappa shape index (κ1) is 30.9. The van der Waals surface area contributed by atoms with Crippen LogP contribution >= 0.6 is 106 Å². The van der Waals surface area contributed by atoms with Crippen LogP contribution in [0.4, 0.5) is 0 Å². The van der Waals surface area contributed by atoms with Crippen molar-refractivity contribution in [1.29, 1.82) is 0 Å². The highest BCUT2D eigenvalue weighted by molar-refractivity contribution is 8.27. The van der Waals surface area contributed by atoms with Crippen LogP contribution in [0.25, 0.3) is 0 Å². The third-order valence-electron chi connectivity index (χ3n) is 2.47. The topological polar surface area (TPSA) is 54.4 Å². The maximum Gasteiger partial charge on any atom is 0.199 e. The first-order valence-corrected chi connectivity index (χ1v) is 20.1. The van der Waals surface area contributed by atoms with Crippen molar-refractivity contribution in [3.05, 3.63) is 0 Å². The summed E-state index contributed by atoms with van der Waals surface area (Å²) in [4.78, 5) is 11.6. The molecule has 0 heterocycles. The van der Waals surface area contributed by atoms with Gasteiger partial charge in [-0.2, -0.15) is 23.5 Å². The first-order valence-electron chi connectivity index (χ1n) is 8.44. The molecule has 13 heteroatoms. The van der Waals surface area contributed by atoms with Gasteiger partial charge in [0.25, 0.3) is 0 Å². The van der Waals surface area contributed by atoms with Gasteiger partial charge in [0.15, 0.2) is 5.12 Å². The summed E-state index contributed by atoms with van der Waals surface area (Å²) in [6.45, 7) is 2.35.